The third kappa shape index (κ3) is 24.7. The molecule has 1 aromatic rings. The number of hydrogen-bond donors (Lipinski definition) is 1. The molecular formula is C49H95NO5Si2. The topological polar surface area (TPSA) is 68.2 Å². The van der Waals surface area contributed by atoms with Crippen LogP contribution >= 0.6 is 0 Å². The molecule has 6 nitrogen and oxygen atoms in total. The van der Waals surface area contributed by atoms with E-state index < -0.39 is 28.7 Å². The van der Waals surface area contributed by atoms with Crippen LogP contribution in [0.4, 0.5) is 0 Å². The molecule has 0 aliphatic heterocycles. The van der Waals surface area contributed by atoms with Crippen LogP contribution in [0.1, 0.15) is 196 Å². The predicted molar refractivity (Wildman–Crippen MR) is 251 cm³/mol. The summed E-state index contributed by atoms with van der Waals surface area (Å²) in [6, 6.07) is 9.67. The Hall–Kier alpha value is -1.04. The number of nitrogens with zero attached hydrogens (tertiary/aromatic N) is 1. The SMILES string of the molecule is CCCCCCCCCCC(CN(CCCCC(O)C(=O)OCc1ccccc1)C[C@@H](CCCCCCCCCC)O[Si](C)(C)C(C)(C)C)O[Si](C)(C)C(C)(C)C. The number of ether oxygens (including phenoxy) is 1. The highest BCUT2D eigenvalue weighted by Crippen LogP contribution is 2.39. The fourth-order valence-electron chi connectivity index (χ4n) is 7.02. The van der Waals surface area contributed by atoms with Crippen molar-refractivity contribution in [1.82, 2.24) is 4.90 Å². The molecule has 0 fully saturated rings. The molecule has 334 valence electrons. The molecular weight excluding hydrogens is 739 g/mol. The molecule has 0 aliphatic carbocycles. The van der Waals surface area contributed by atoms with Crippen molar-refractivity contribution in [1.29, 1.82) is 0 Å². The molecule has 0 amide bonds. The van der Waals surface area contributed by atoms with Crippen LogP contribution in [0, 0.1) is 0 Å². The first-order chi connectivity index (χ1) is 26.8. The zero-order valence-corrected chi connectivity index (χ0v) is 41.8. The number of hydrogen-bond acceptors (Lipinski definition) is 6. The van der Waals surface area contributed by atoms with E-state index in [0.29, 0.717) is 6.42 Å². The quantitative estimate of drug-likeness (QED) is 0.0424. The van der Waals surface area contributed by atoms with Crippen molar-refractivity contribution in [3.05, 3.63) is 35.9 Å². The van der Waals surface area contributed by atoms with Gasteiger partial charge in [0.15, 0.2) is 22.7 Å². The Labute approximate surface area is 356 Å². The summed E-state index contributed by atoms with van der Waals surface area (Å²) in [4.78, 5) is 15.3. The Balaban J connectivity index is 3.16. The zero-order valence-electron chi connectivity index (χ0n) is 39.8. The van der Waals surface area contributed by atoms with Crippen molar-refractivity contribution >= 4 is 22.6 Å². The van der Waals surface area contributed by atoms with Gasteiger partial charge < -0.3 is 18.7 Å². The van der Waals surface area contributed by atoms with Crippen molar-refractivity contribution in [2.45, 2.75) is 251 Å². The van der Waals surface area contributed by atoms with Crippen LogP contribution in [0.3, 0.4) is 0 Å². The third-order valence-corrected chi connectivity index (χ3v) is 22.0. The van der Waals surface area contributed by atoms with Crippen LogP contribution in [0.15, 0.2) is 30.3 Å². The highest BCUT2D eigenvalue weighted by atomic mass is 28.4. The third-order valence-electron chi connectivity index (χ3n) is 12.9. The molecule has 3 atom stereocenters. The Morgan fingerprint density at radius 3 is 1.39 bits per heavy atom. The smallest absolute Gasteiger partial charge is 0.335 e. The van der Waals surface area contributed by atoms with Gasteiger partial charge >= 0.3 is 5.97 Å². The van der Waals surface area contributed by atoms with E-state index in [1.807, 2.05) is 30.3 Å². The largest absolute Gasteiger partial charge is 0.459 e. The van der Waals surface area contributed by atoms with Crippen LogP contribution in [0.5, 0.6) is 0 Å². The second-order valence-electron chi connectivity index (χ2n) is 20.4. The molecule has 0 aliphatic rings. The number of benzene rings is 1. The highest BCUT2D eigenvalue weighted by Gasteiger charge is 2.41. The van der Waals surface area contributed by atoms with Crippen LogP contribution in [-0.2, 0) is 25.0 Å². The maximum atomic E-state index is 12.7. The number of aliphatic hydroxyl groups is 1. The molecule has 1 N–H and O–H groups in total. The first-order valence-corrected chi connectivity index (χ1v) is 29.6. The number of esters is 1. The normalized spacial score (nSPS) is 14.6. The van der Waals surface area contributed by atoms with Gasteiger partial charge in [-0.2, -0.15) is 0 Å². The van der Waals surface area contributed by atoms with E-state index in [1.54, 1.807) is 0 Å². The molecule has 0 saturated carbocycles. The summed E-state index contributed by atoms with van der Waals surface area (Å²) < 4.78 is 20.0. The Morgan fingerprint density at radius 2 is 0.982 bits per heavy atom. The van der Waals surface area contributed by atoms with Crippen molar-refractivity contribution in [3.8, 4) is 0 Å². The van der Waals surface area contributed by atoms with Gasteiger partial charge in [-0.25, -0.2) is 4.79 Å². The van der Waals surface area contributed by atoms with Gasteiger partial charge in [-0.05, 0) is 80.5 Å². The maximum absolute atomic E-state index is 12.7. The van der Waals surface area contributed by atoms with Crippen LogP contribution in [-0.4, -0.2) is 70.6 Å². The maximum Gasteiger partial charge on any atom is 0.335 e. The fourth-order valence-corrected chi connectivity index (χ4v) is 9.78. The van der Waals surface area contributed by atoms with Gasteiger partial charge in [0.2, 0.25) is 0 Å². The Bertz CT molecular complexity index is 1080. The molecule has 0 heterocycles. The Kier molecular flexibility index (Phi) is 27.7. The number of rotatable bonds is 34. The number of carbonyl (C=O) groups excluding carboxylic acids is 1. The van der Waals surface area contributed by atoms with E-state index in [9.17, 15) is 9.90 Å². The van der Waals surface area contributed by atoms with E-state index in [-0.39, 0.29) is 28.9 Å². The summed E-state index contributed by atoms with van der Waals surface area (Å²) in [7, 11) is -4.01. The summed E-state index contributed by atoms with van der Waals surface area (Å²) in [6.07, 6.45) is 24.6. The van der Waals surface area contributed by atoms with E-state index >= 15 is 0 Å². The van der Waals surface area contributed by atoms with Crippen LogP contribution in [0.2, 0.25) is 36.3 Å². The van der Waals surface area contributed by atoms with E-state index in [4.69, 9.17) is 13.6 Å². The van der Waals surface area contributed by atoms with Crippen molar-refractivity contribution in [2.75, 3.05) is 19.6 Å². The second kappa shape index (κ2) is 29.3. The van der Waals surface area contributed by atoms with E-state index in [0.717, 1.165) is 50.9 Å². The second-order valence-corrected chi connectivity index (χ2v) is 29.9. The van der Waals surface area contributed by atoms with Crippen LogP contribution < -0.4 is 0 Å². The molecule has 2 unspecified atom stereocenters. The van der Waals surface area contributed by atoms with E-state index in [1.165, 1.54) is 103 Å². The lowest BCUT2D eigenvalue weighted by atomic mass is 10.0. The predicted octanol–water partition coefficient (Wildman–Crippen LogP) is 14.4. The fraction of sp³-hybridized carbons (Fsp3) is 0.857. The van der Waals surface area contributed by atoms with Gasteiger partial charge in [0.05, 0.1) is 12.2 Å². The lowest BCUT2D eigenvalue weighted by Crippen LogP contribution is -2.50. The molecule has 1 rings (SSSR count). The minimum atomic E-state index is -2.00. The molecule has 0 spiro atoms. The lowest BCUT2D eigenvalue weighted by Gasteiger charge is -2.42. The van der Waals surface area contributed by atoms with Crippen LogP contribution in [0.25, 0.3) is 0 Å². The first kappa shape index (κ1) is 54.0. The molecule has 0 aromatic heterocycles. The number of carbonyl (C=O) groups is 1. The standard InChI is InChI=1S/C49H95NO5Si2/c1-13-15-17-19-21-23-25-30-36-44(54-56(9,10)48(3,4)5)40-50(39-33-32-38-46(51)47(52)53-42-43-34-28-27-29-35-43)41-45(55-57(11,12)49(6,7)8)37-31-26-24-22-20-18-16-14-2/h27-29,34-35,44-46,51H,13-26,30-33,36-42H2,1-12H3/t44-,45?,46?/m1/s1. The van der Waals surface area contributed by atoms with Crippen molar-refractivity contribution < 1.29 is 23.5 Å². The monoisotopic (exact) mass is 834 g/mol. The Morgan fingerprint density at radius 1 is 0.596 bits per heavy atom. The molecule has 57 heavy (non-hydrogen) atoms. The average molecular weight is 834 g/mol. The van der Waals surface area contributed by atoms with Gasteiger partial charge in [-0.15, -0.1) is 0 Å². The summed E-state index contributed by atoms with van der Waals surface area (Å²) in [6.45, 7) is 31.2. The lowest BCUT2D eigenvalue weighted by molar-refractivity contribution is -0.155. The first-order valence-electron chi connectivity index (χ1n) is 23.8. The summed E-state index contributed by atoms with van der Waals surface area (Å²) in [5.74, 6) is -0.530. The van der Waals surface area contributed by atoms with Gasteiger partial charge in [-0.1, -0.05) is 188 Å². The van der Waals surface area contributed by atoms with Gasteiger partial charge in [0.25, 0.3) is 0 Å². The van der Waals surface area contributed by atoms with Crippen molar-refractivity contribution in [2.24, 2.45) is 0 Å². The minimum absolute atomic E-state index is 0.144. The molecule has 8 heteroatoms. The molecule has 1 aromatic carbocycles. The number of unbranched alkanes of at least 4 members (excludes halogenated alkanes) is 15. The van der Waals surface area contributed by atoms with Gasteiger partial charge in [0, 0.05) is 13.1 Å². The highest BCUT2D eigenvalue weighted by molar-refractivity contribution is 6.74. The number of aliphatic hydroxyl groups excluding tert-OH is 1. The molecule has 0 saturated heterocycles. The van der Waals surface area contributed by atoms with Gasteiger partial charge in [0.1, 0.15) is 6.61 Å². The van der Waals surface area contributed by atoms with Gasteiger partial charge in [-0.3, -0.25) is 4.90 Å². The average Bonchev–Trinajstić information content (AvgIpc) is 3.13. The summed E-state index contributed by atoms with van der Waals surface area (Å²) in [5, 5.41) is 11.0. The molecule has 0 radical (unpaired) electrons. The zero-order chi connectivity index (χ0) is 42.8. The summed E-state index contributed by atoms with van der Waals surface area (Å²) in [5.41, 5.74) is 0.927. The molecule has 0 bridgehead atoms. The minimum Gasteiger partial charge on any atom is -0.459 e. The van der Waals surface area contributed by atoms with Crippen molar-refractivity contribution in [3.63, 3.8) is 0 Å². The summed E-state index contributed by atoms with van der Waals surface area (Å²) >= 11 is 0. The van der Waals surface area contributed by atoms with E-state index in [2.05, 4.69) is 86.5 Å².